The maximum Gasteiger partial charge on any atom is 0.254 e. The number of hydrogen-bond acceptors (Lipinski definition) is 4. The van der Waals surface area contributed by atoms with Crippen LogP contribution in [0.2, 0.25) is 5.15 Å². The lowest BCUT2D eigenvalue weighted by Crippen LogP contribution is -2.51. The number of carbonyl (C=O) groups is 1. The molecule has 1 rings (SSSR count). The fourth-order valence-electron chi connectivity index (χ4n) is 1.52. The smallest absolute Gasteiger partial charge is 0.254 e. The molecule has 0 aliphatic heterocycles. The molecule has 1 aromatic rings. The Balaban J connectivity index is 2.75. The highest BCUT2D eigenvalue weighted by Gasteiger charge is 2.23. The van der Waals surface area contributed by atoms with Crippen LogP contribution in [0.1, 0.15) is 24.2 Å². The molecule has 0 aromatic carbocycles. The predicted molar refractivity (Wildman–Crippen MR) is 73.6 cm³/mol. The predicted octanol–water partition coefficient (Wildman–Crippen LogP) is 0.932. The van der Waals surface area contributed by atoms with Crippen LogP contribution in [-0.2, 0) is 10.0 Å². The van der Waals surface area contributed by atoms with Crippen molar-refractivity contribution in [3.63, 3.8) is 0 Å². The van der Waals surface area contributed by atoms with E-state index in [4.69, 9.17) is 11.6 Å². The number of pyridine rings is 1. The van der Waals surface area contributed by atoms with Gasteiger partial charge in [-0.3, -0.25) is 4.79 Å². The maximum absolute atomic E-state index is 13.0. The molecule has 0 saturated carbocycles. The molecule has 0 saturated heterocycles. The first-order chi connectivity index (χ1) is 9.00. The molecule has 0 unspecified atom stereocenters. The van der Waals surface area contributed by atoms with Crippen LogP contribution in [0.4, 0.5) is 4.39 Å². The summed E-state index contributed by atoms with van der Waals surface area (Å²) in [5.74, 6) is -1.32. The Labute approximate surface area is 121 Å². The Hall–Kier alpha value is -1.25. The second-order valence-electron chi connectivity index (χ2n) is 4.93. The van der Waals surface area contributed by atoms with Crippen molar-refractivity contribution in [2.75, 3.05) is 12.8 Å². The molecule has 0 aliphatic carbocycles. The molecule has 9 heteroatoms. The molecule has 2 N–H and O–H groups in total. The van der Waals surface area contributed by atoms with Crippen molar-refractivity contribution in [1.82, 2.24) is 15.0 Å². The molecule has 0 atom stereocenters. The summed E-state index contributed by atoms with van der Waals surface area (Å²) in [6.45, 7) is 3.20. The quantitative estimate of drug-likeness (QED) is 0.789. The molecular formula is C11H15ClFN3O3S. The Morgan fingerprint density at radius 3 is 2.65 bits per heavy atom. The average Bonchev–Trinajstić information content (AvgIpc) is 2.26. The van der Waals surface area contributed by atoms with Crippen molar-refractivity contribution in [2.45, 2.75) is 19.4 Å². The molecule has 0 radical (unpaired) electrons. The minimum absolute atomic E-state index is 0.00570. The molecule has 0 fully saturated rings. The number of rotatable bonds is 5. The van der Waals surface area contributed by atoms with Crippen molar-refractivity contribution in [3.8, 4) is 0 Å². The zero-order valence-corrected chi connectivity index (χ0v) is 12.8. The highest BCUT2D eigenvalue weighted by Crippen LogP contribution is 2.13. The summed E-state index contributed by atoms with van der Waals surface area (Å²) >= 11 is 5.70. The van der Waals surface area contributed by atoms with Crippen molar-refractivity contribution in [3.05, 3.63) is 28.8 Å². The van der Waals surface area contributed by atoms with Crippen LogP contribution in [-0.4, -0.2) is 37.6 Å². The Morgan fingerprint density at radius 2 is 2.10 bits per heavy atom. The number of halogens is 2. The van der Waals surface area contributed by atoms with Crippen LogP contribution < -0.4 is 10.0 Å². The standard InChI is InChI=1S/C11H15ClFN3O3S/c1-11(2,16-20(3,18)19)6-15-10(17)8-4-7(13)5-14-9(8)12/h4-5,16H,6H2,1-3H3,(H,15,17). The van der Waals surface area contributed by atoms with Gasteiger partial charge in [-0.15, -0.1) is 0 Å². The molecule has 1 heterocycles. The van der Waals surface area contributed by atoms with Gasteiger partial charge in [-0.2, -0.15) is 0 Å². The maximum atomic E-state index is 13.0. The number of amides is 1. The summed E-state index contributed by atoms with van der Waals surface area (Å²) < 4.78 is 37.7. The van der Waals surface area contributed by atoms with E-state index in [1.165, 1.54) is 0 Å². The third-order valence-corrected chi connectivity index (χ3v) is 3.43. The van der Waals surface area contributed by atoms with Crippen LogP contribution in [0.15, 0.2) is 12.3 Å². The minimum Gasteiger partial charge on any atom is -0.350 e. The van der Waals surface area contributed by atoms with E-state index in [1.54, 1.807) is 13.8 Å². The van der Waals surface area contributed by atoms with Crippen LogP contribution >= 0.6 is 11.6 Å². The molecule has 6 nitrogen and oxygen atoms in total. The third-order valence-electron chi connectivity index (χ3n) is 2.20. The van der Waals surface area contributed by atoms with Gasteiger partial charge in [0, 0.05) is 12.1 Å². The van der Waals surface area contributed by atoms with E-state index in [0.717, 1.165) is 18.5 Å². The highest BCUT2D eigenvalue weighted by molar-refractivity contribution is 7.88. The summed E-state index contributed by atoms with van der Waals surface area (Å²) in [5.41, 5.74) is -1.00. The van der Waals surface area contributed by atoms with E-state index in [1.807, 2.05) is 0 Å². The molecule has 1 amide bonds. The van der Waals surface area contributed by atoms with Gasteiger partial charge in [0.2, 0.25) is 10.0 Å². The van der Waals surface area contributed by atoms with Gasteiger partial charge in [-0.05, 0) is 19.9 Å². The van der Waals surface area contributed by atoms with Crippen molar-refractivity contribution < 1.29 is 17.6 Å². The first kappa shape index (κ1) is 16.8. The van der Waals surface area contributed by atoms with Gasteiger partial charge in [-0.1, -0.05) is 11.6 Å². The van der Waals surface area contributed by atoms with Crippen LogP contribution in [0.3, 0.4) is 0 Å². The lowest BCUT2D eigenvalue weighted by Gasteiger charge is -2.25. The second kappa shape index (κ2) is 6.02. The summed E-state index contributed by atoms with van der Waals surface area (Å²) in [4.78, 5) is 15.4. The van der Waals surface area contributed by atoms with E-state index in [-0.39, 0.29) is 17.3 Å². The van der Waals surface area contributed by atoms with Crippen molar-refractivity contribution in [2.24, 2.45) is 0 Å². The number of carbonyl (C=O) groups excluding carboxylic acids is 1. The SMILES string of the molecule is CC(C)(CNC(=O)c1cc(F)cnc1Cl)NS(C)(=O)=O. The van der Waals surface area contributed by atoms with Gasteiger partial charge in [0.05, 0.1) is 18.0 Å². The fraction of sp³-hybridized carbons (Fsp3) is 0.455. The first-order valence-corrected chi connectivity index (χ1v) is 7.85. The van der Waals surface area contributed by atoms with E-state index in [0.29, 0.717) is 0 Å². The van der Waals surface area contributed by atoms with Crippen LogP contribution in [0.5, 0.6) is 0 Å². The third kappa shape index (κ3) is 5.40. The van der Waals surface area contributed by atoms with Gasteiger partial charge >= 0.3 is 0 Å². The number of nitrogens with one attached hydrogen (secondary N) is 2. The van der Waals surface area contributed by atoms with E-state index in [9.17, 15) is 17.6 Å². The van der Waals surface area contributed by atoms with Gasteiger partial charge < -0.3 is 5.32 Å². The van der Waals surface area contributed by atoms with E-state index >= 15 is 0 Å². The van der Waals surface area contributed by atoms with E-state index < -0.39 is 27.3 Å². The van der Waals surface area contributed by atoms with Gasteiger partial charge in [-0.25, -0.2) is 22.5 Å². The van der Waals surface area contributed by atoms with E-state index in [2.05, 4.69) is 15.0 Å². The Kier molecular flexibility index (Phi) is 5.06. The van der Waals surface area contributed by atoms with Gasteiger partial charge in [0.15, 0.2) is 0 Å². The van der Waals surface area contributed by atoms with Crippen molar-refractivity contribution in [1.29, 1.82) is 0 Å². The first-order valence-electron chi connectivity index (χ1n) is 5.58. The second-order valence-corrected chi connectivity index (χ2v) is 7.04. The zero-order valence-electron chi connectivity index (χ0n) is 11.2. The summed E-state index contributed by atoms with van der Waals surface area (Å²) in [7, 11) is -3.41. The van der Waals surface area contributed by atoms with Crippen LogP contribution in [0.25, 0.3) is 0 Å². The lowest BCUT2D eigenvalue weighted by atomic mass is 10.1. The summed E-state index contributed by atoms with van der Waals surface area (Å²) in [6, 6.07) is 0.960. The average molecular weight is 324 g/mol. The Bertz CT molecular complexity index is 619. The fourth-order valence-corrected chi connectivity index (χ4v) is 2.78. The molecular weight excluding hydrogens is 309 g/mol. The zero-order chi connectivity index (χ0) is 15.6. The van der Waals surface area contributed by atoms with Gasteiger partial charge in [0.25, 0.3) is 5.91 Å². The van der Waals surface area contributed by atoms with Crippen LogP contribution in [0, 0.1) is 5.82 Å². The Morgan fingerprint density at radius 1 is 1.50 bits per heavy atom. The topological polar surface area (TPSA) is 88.2 Å². The molecule has 0 bridgehead atoms. The lowest BCUT2D eigenvalue weighted by molar-refractivity contribution is 0.0944. The number of aromatic nitrogens is 1. The number of sulfonamides is 1. The highest BCUT2D eigenvalue weighted by atomic mass is 35.5. The monoisotopic (exact) mass is 323 g/mol. The van der Waals surface area contributed by atoms with Crippen molar-refractivity contribution >= 4 is 27.5 Å². The molecule has 0 spiro atoms. The normalized spacial score (nSPS) is 12.2. The molecule has 1 aromatic heterocycles. The number of nitrogens with zero attached hydrogens (tertiary/aromatic N) is 1. The molecule has 112 valence electrons. The minimum atomic E-state index is -3.41. The molecule has 20 heavy (non-hydrogen) atoms. The number of hydrogen-bond donors (Lipinski definition) is 2. The summed E-state index contributed by atoms with van der Waals surface area (Å²) in [6.07, 6.45) is 1.91. The largest absolute Gasteiger partial charge is 0.350 e. The molecule has 0 aliphatic rings. The summed E-state index contributed by atoms with van der Waals surface area (Å²) in [5, 5.41) is 2.35. The van der Waals surface area contributed by atoms with Gasteiger partial charge in [0.1, 0.15) is 11.0 Å².